The first-order chi connectivity index (χ1) is 9.12. The topological polar surface area (TPSA) is 50.7 Å². The summed E-state index contributed by atoms with van der Waals surface area (Å²) in [5, 5.41) is 12.2. The lowest BCUT2D eigenvalue weighted by Crippen LogP contribution is -2.26. The van der Waals surface area contributed by atoms with Crippen molar-refractivity contribution in [2.75, 3.05) is 20.3 Å². The number of nitrogens with one attached hydrogen (secondary N) is 1. The summed E-state index contributed by atoms with van der Waals surface area (Å²) in [6, 6.07) is 4.27. The van der Waals surface area contributed by atoms with Crippen LogP contribution in [0.3, 0.4) is 0 Å². The van der Waals surface area contributed by atoms with Crippen molar-refractivity contribution in [1.29, 1.82) is 0 Å². The van der Waals surface area contributed by atoms with E-state index in [-0.39, 0.29) is 12.6 Å². The molecule has 5 heteroatoms. The van der Waals surface area contributed by atoms with Crippen LogP contribution in [-0.4, -0.2) is 31.5 Å². The summed E-state index contributed by atoms with van der Waals surface area (Å²) < 4.78 is 11.8. The van der Waals surface area contributed by atoms with Gasteiger partial charge >= 0.3 is 0 Å². The monoisotopic (exact) mass is 331 g/mol. The zero-order chi connectivity index (χ0) is 14.3. The second-order valence-electron chi connectivity index (χ2n) is 4.34. The highest BCUT2D eigenvalue weighted by Gasteiger charge is 2.11. The van der Waals surface area contributed by atoms with Crippen LogP contribution in [0.25, 0.3) is 0 Å². The van der Waals surface area contributed by atoms with Gasteiger partial charge in [-0.05, 0) is 53.9 Å². The SMILES string of the molecule is CCOc1cc(CNC(C)CCO)cc(Br)c1OC. The predicted octanol–water partition coefficient (Wildman–Crippen LogP) is 2.72. The summed E-state index contributed by atoms with van der Waals surface area (Å²) in [6.07, 6.45) is 0.746. The molecule has 0 bridgehead atoms. The van der Waals surface area contributed by atoms with Crippen molar-refractivity contribution in [2.24, 2.45) is 0 Å². The minimum atomic E-state index is 0.199. The molecule has 4 nitrogen and oxygen atoms in total. The van der Waals surface area contributed by atoms with Crippen LogP contribution in [0.15, 0.2) is 16.6 Å². The van der Waals surface area contributed by atoms with Gasteiger partial charge in [0.25, 0.3) is 0 Å². The van der Waals surface area contributed by atoms with E-state index in [4.69, 9.17) is 14.6 Å². The fraction of sp³-hybridized carbons (Fsp3) is 0.571. The number of aliphatic hydroxyl groups is 1. The van der Waals surface area contributed by atoms with Gasteiger partial charge in [0.2, 0.25) is 0 Å². The summed E-state index contributed by atoms with van der Waals surface area (Å²) >= 11 is 3.49. The van der Waals surface area contributed by atoms with Crippen LogP contribution >= 0.6 is 15.9 Å². The van der Waals surface area contributed by atoms with Crippen LogP contribution in [-0.2, 0) is 6.54 Å². The quantitative estimate of drug-likeness (QED) is 0.769. The number of halogens is 1. The van der Waals surface area contributed by atoms with Crippen molar-refractivity contribution in [3.63, 3.8) is 0 Å². The zero-order valence-electron chi connectivity index (χ0n) is 11.7. The van der Waals surface area contributed by atoms with Crippen molar-refractivity contribution in [3.8, 4) is 11.5 Å². The molecule has 0 fully saturated rings. The molecule has 1 atom stereocenters. The zero-order valence-corrected chi connectivity index (χ0v) is 13.3. The Labute approximate surface area is 123 Å². The maximum Gasteiger partial charge on any atom is 0.174 e. The fourth-order valence-corrected chi connectivity index (χ4v) is 2.42. The normalized spacial score (nSPS) is 12.3. The van der Waals surface area contributed by atoms with E-state index in [1.807, 2.05) is 19.1 Å². The summed E-state index contributed by atoms with van der Waals surface area (Å²) in [7, 11) is 1.63. The van der Waals surface area contributed by atoms with Gasteiger partial charge in [0.05, 0.1) is 18.2 Å². The summed E-state index contributed by atoms with van der Waals surface area (Å²) in [5.41, 5.74) is 1.11. The molecule has 1 unspecified atom stereocenters. The molecule has 0 radical (unpaired) electrons. The third-order valence-corrected chi connectivity index (χ3v) is 3.38. The standard InChI is InChI=1S/C14H22BrNO3/c1-4-19-13-8-11(7-12(15)14(13)18-3)9-16-10(2)5-6-17/h7-8,10,16-17H,4-6,9H2,1-3H3. The van der Waals surface area contributed by atoms with Crippen LogP contribution in [0.4, 0.5) is 0 Å². The molecular formula is C14H22BrNO3. The molecule has 0 aliphatic heterocycles. The molecular weight excluding hydrogens is 310 g/mol. The van der Waals surface area contributed by atoms with E-state index < -0.39 is 0 Å². The maximum atomic E-state index is 8.88. The lowest BCUT2D eigenvalue weighted by atomic mass is 10.1. The number of rotatable bonds is 8. The molecule has 0 heterocycles. The van der Waals surface area contributed by atoms with E-state index in [1.54, 1.807) is 7.11 Å². The van der Waals surface area contributed by atoms with E-state index in [1.165, 1.54) is 0 Å². The summed E-state index contributed by atoms with van der Waals surface area (Å²) in [6.45, 7) is 5.52. The van der Waals surface area contributed by atoms with Gasteiger partial charge in [-0.2, -0.15) is 0 Å². The minimum absolute atomic E-state index is 0.199. The first-order valence-corrected chi connectivity index (χ1v) is 7.25. The summed E-state index contributed by atoms with van der Waals surface area (Å²) in [4.78, 5) is 0. The van der Waals surface area contributed by atoms with Crippen LogP contribution in [0, 0.1) is 0 Å². The minimum Gasteiger partial charge on any atom is -0.492 e. The van der Waals surface area contributed by atoms with Crippen molar-refractivity contribution in [2.45, 2.75) is 32.9 Å². The molecule has 1 rings (SSSR count). The van der Waals surface area contributed by atoms with Crippen molar-refractivity contribution < 1.29 is 14.6 Å². The van der Waals surface area contributed by atoms with E-state index in [2.05, 4.69) is 28.2 Å². The highest BCUT2D eigenvalue weighted by atomic mass is 79.9. The Morgan fingerprint density at radius 2 is 2.16 bits per heavy atom. The predicted molar refractivity (Wildman–Crippen MR) is 79.9 cm³/mol. The molecule has 0 aliphatic carbocycles. The third kappa shape index (κ3) is 5.01. The second-order valence-corrected chi connectivity index (χ2v) is 5.19. The van der Waals surface area contributed by atoms with Crippen LogP contribution < -0.4 is 14.8 Å². The van der Waals surface area contributed by atoms with E-state index >= 15 is 0 Å². The molecule has 1 aromatic carbocycles. The number of aliphatic hydroxyl groups excluding tert-OH is 1. The smallest absolute Gasteiger partial charge is 0.174 e. The molecule has 0 amide bonds. The molecule has 0 spiro atoms. The molecule has 1 aromatic rings. The number of methoxy groups -OCH3 is 1. The lowest BCUT2D eigenvalue weighted by Gasteiger charge is -2.16. The van der Waals surface area contributed by atoms with Crippen molar-refractivity contribution >= 4 is 15.9 Å². The molecule has 19 heavy (non-hydrogen) atoms. The Bertz CT molecular complexity index is 399. The molecule has 0 saturated carbocycles. The number of hydrogen-bond acceptors (Lipinski definition) is 4. The summed E-state index contributed by atoms with van der Waals surface area (Å²) in [5.74, 6) is 1.46. The Morgan fingerprint density at radius 1 is 1.42 bits per heavy atom. The third-order valence-electron chi connectivity index (χ3n) is 2.79. The van der Waals surface area contributed by atoms with Crippen LogP contribution in [0.1, 0.15) is 25.8 Å². The number of ether oxygens (including phenoxy) is 2. The Morgan fingerprint density at radius 3 is 2.74 bits per heavy atom. The van der Waals surface area contributed by atoms with Gasteiger partial charge in [0.15, 0.2) is 11.5 Å². The van der Waals surface area contributed by atoms with E-state index in [9.17, 15) is 0 Å². The largest absolute Gasteiger partial charge is 0.492 e. The highest BCUT2D eigenvalue weighted by molar-refractivity contribution is 9.10. The fourth-order valence-electron chi connectivity index (χ4n) is 1.77. The van der Waals surface area contributed by atoms with Gasteiger partial charge in [0, 0.05) is 19.2 Å². The molecule has 108 valence electrons. The van der Waals surface area contributed by atoms with Gasteiger partial charge in [-0.25, -0.2) is 0 Å². The second kappa shape index (κ2) is 8.40. The molecule has 0 aromatic heterocycles. The van der Waals surface area contributed by atoms with E-state index in [0.29, 0.717) is 12.4 Å². The van der Waals surface area contributed by atoms with Gasteiger partial charge in [-0.3, -0.25) is 0 Å². The highest BCUT2D eigenvalue weighted by Crippen LogP contribution is 2.36. The van der Waals surface area contributed by atoms with Crippen molar-refractivity contribution in [1.82, 2.24) is 5.32 Å². The molecule has 0 aliphatic rings. The lowest BCUT2D eigenvalue weighted by molar-refractivity contribution is 0.268. The Kier molecular flexibility index (Phi) is 7.20. The van der Waals surface area contributed by atoms with Gasteiger partial charge < -0.3 is 19.9 Å². The average molecular weight is 332 g/mol. The maximum absolute atomic E-state index is 8.88. The van der Waals surface area contributed by atoms with Gasteiger partial charge in [-0.15, -0.1) is 0 Å². The molecule has 2 N–H and O–H groups in total. The van der Waals surface area contributed by atoms with E-state index in [0.717, 1.165) is 28.8 Å². The number of hydrogen-bond donors (Lipinski definition) is 2. The Balaban J connectivity index is 2.79. The van der Waals surface area contributed by atoms with Crippen LogP contribution in [0.5, 0.6) is 11.5 Å². The first kappa shape index (κ1) is 16.3. The van der Waals surface area contributed by atoms with Gasteiger partial charge in [0.1, 0.15) is 0 Å². The average Bonchev–Trinajstić information content (AvgIpc) is 2.37. The van der Waals surface area contributed by atoms with Gasteiger partial charge in [-0.1, -0.05) is 0 Å². The van der Waals surface area contributed by atoms with Crippen LogP contribution in [0.2, 0.25) is 0 Å². The molecule has 0 saturated heterocycles. The first-order valence-electron chi connectivity index (χ1n) is 6.45. The Hall–Kier alpha value is -0.780. The number of benzene rings is 1. The van der Waals surface area contributed by atoms with Crippen molar-refractivity contribution in [3.05, 3.63) is 22.2 Å².